The predicted molar refractivity (Wildman–Crippen MR) is 131 cm³/mol. The third-order valence-corrected chi connectivity index (χ3v) is 5.67. The maximum Gasteiger partial charge on any atom is 0.191 e. The molecular weight excluding hydrogens is 497 g/mol. The molecule has 0 bridgehead atoms. The van der Waals surface area contributed by atoms with Crippen molar-refractivity contribution in [3.8, 4) is 0 Å². The molecule has 1 saturated heterocycles. The number of aryl methyl sites for hydroxylation is 1. The molecule has 2 heterocycles. The summed E-state index contributed by atoms with van der Waals surface area (Å²) < 4.78 is 5.86. The van der Waals surface area contributed by atoms with E-state index in [1.54, 1.807) is 18.4 Å². The van der Waals surface area contributed by atoms with Gasteiger partial charge in [0.05, 0.1) is 18.8 Å². The molecule has 29 heavy (non-hydrogen) atoms. The highest BCUT2D eigenvalue weighted by molar-refractivity contribution is 14.0. The Bertz CT molecular complexity index is 787. The highest BCUT2D eigenvalue weighted by Gasteiger charge is 2.22. The highest BCUT2D eigenvalue weighted by Crippen LogP contribution is 2.17. The molecule has 1 aliphatic heterocycles. The van der Waals surface area contributed by atoms with Gasteiger partial charge >= 0.3 is 0 Å². The number of thiazole rings is 1. The maximum atomic E-state index is 5.86. The second-order valence-electron chi connectivity index (χ2n) is 7.36. The second kappa shape index (κ2) is 11.8. The first-order valence-corrected chi connectivity index (χ1v) is 10.7. The second-order valence-corrected chi connectivity index (χ2v) is 8.68. The SMILES string of the molecule is CN=C(NCc1ncc(C)s1)NCc1ccccc1CN1CC(C)OC(C)C1.I. The highest BCUT2D eigenvalue weighted by atomic mass is 127. The number of hydrogen-bond donors (Lipinski definition) is 2. The molecule has 1 fully saturated rings. The van der Waals surface area contributed by atoms with Gasteiger partial charge < -0.3 is 15.4 Å². The van der Waals surface area contributed by atoms with Crippen molar-refractivity contribution in [2.75, 3.05) is 20.1 Å². The first-order valence-electron chi connectivity index (χ1n) is 9.84. The molecule has 2 aromatic rings. The van der Waals surface area contributed by atoms with E-state index >= 15 is 0 Å². The third-order valence-electron chi connectivity index (χ3n) is 4.75. The number of guanidine groups is 1. The van der Waals surface area contributed by atoms with Crippen LogP contribution in [0.15, 0.2) is 35.5 Å². The molecule has 2 N–H and O–H groups in total. The number of aliphatic imine (C=N–C) groups is 1. The van der Waals surface area contributed by atoms with E-state index in [-0.39, 0.29) is 36.2 Å². The van der Waals surface area contributed by atoms with Gasteiger partial charge in [0.15, 0.2) is 5.96 Å². The van der Waals surface area contributed by atoms with Gasteiger partial charge in [-0.2, -0.15) is 0 Å². The summed E-state index contributed by atoms with van der Waals surface area (Å²) in [6, 6.07) is 8.62. The van der Waals surface area contributed by atoms with Crippen LogP contribution in [0, 0.1) is 6.92 Å². The quantitative estimate of drug-likeness (QED) is 0.341. The minimum atomic E-state index is 0. The van der Waals surface area contributed by atoms with Gasteiger partial charge in [-0.25, -0.2) is 4.98 Å². The lowest BCUT2D eigenvalue weighted by Gasteiger charge is -2.35. The lowest BCUT2D eigenvalue weighted by Crippen LogP contribution is -2.45. The summed E-state index contributed by atoms with van der Waals surface area (Å²) in [5.41, 5.74) is 2.64. The summed E-state index contributed by atoms with van der Waals surface area (Å²) in [5, 5.41) is 7.84. The Labute approximate surface area is 195 Å². The zero-order valence-corrected chi connectivity index (χ0v) is 20.8. The van der Waals surface area contributed by atoms with Crippen molar-refractivity contribution in [1.82, 2.24) is 20.5 Å². The van der Waals surface area contributed by atoms with E-state index in [0.29, 0.717) is 6.54 Å². The summed E-state index contributed by atoms with van der Waals surface area (Å²) in [6.45, 7) is 10.7. The van der Waals surface area contributed by atoms with Crippen LogP contribution in [0.5, 0.6) is 0 Å². The molecule has 0 spiro atoms. The number of nitrogens with zero attached hydrogens (tertiary/aromatic N) is 3. The summed E-state index contributed by atoms with van der Waals surface area (Å²) in [4.78, 5) is 12.4. The molecule has 0 aliphatic carbocycles. The fourth-order valence-corrected chi connectivity index (χ4v) is 4.31. The van der Waals surface area contributed by atoms with Crippen LogP contribution in [0.25, 0.3) is 0 Å². The van der Waals surface area contributed by atoms with E-state index in [2.05, 4.69) is 70.5 Å². The number of hydrogen-bond acceptors (Lipinski definition) is 5. The topological polar surface area (TPSA) is 61.8 Å². The molecule has 1 aliphatic rings. The molecule has 0 saturated carbocycles. The number of halogens is 1. The Kier molecular flexibility index (Phi) is 9.81. The van der Waals surface area contributed by atoms with Gasteiger partial charge in [-0.15, -0.1) is 35.3 Å². The summed E-state index contributed by atoms with van der Waals surface area (Å²) in [6.07, 6.45) is 2.47. The van der Waals surface area contributed by atoms with Crippen LogP contribution in [0.4, 0.5) is 0 Å². The van der Waals surface area contributed by atoms with Crippen LogP contribution in [-0.4, -0.2) is 48.2 Å². The number of aromatic nitrogens is 1. The molecule has 6 nitrogen and oxygen atoms in total. The largest absolute Gasteiger partial charge is 0.373 e. The zero-order valence-electron chi connectivity index (χ0n) is 17.6. The lowest BCUT2D eigenvalue weighted by atomic mass is 10.1. The molecule has 1 aromatic carbocycles. The van der Waals surface area contributed by atoms with Gasteiger partial charge in [-0.1, -0.05) is 24.3 Å². The molecule has 160 valence electrons. The van der Waals surface area contributed by atoms with Crippen molar-refractivity contribution in [2.24, 2.45) is 4.99 Å². The monoisotopic (exact) mass is 529 g/mol. The number of morpholine rings is 1. The molecule has 8 heteroatoms. The summed E-state index contributed by atoms with van der Waals surface area (Å²) >= 11 is 1.70. The number of nitrogens with one attached hydrogen (secondary N) is 2. The average molecular weight is 529 g/mol. The van der Waals surface area contributed by atoms with Gasteiger partial charge in [0, 0.05) is 44.3 Å². The number of rotatable bonds is 6. The Morgan fingerprint density at radius 1 is 1.17 bits per heavy atom. The van der Waals surface area contributed by atoms with Crippen molar-refractivity contribution in [3.63, 3.8) is 0 Å². The Balaban J connectivity index is 0.00000300. The smallest absolute Gasteiger partial charge is 0.191 e. The van der Waals surface area contributed by atoms with Crippen LogP contribution in [-0.2, 0) is 24.4 Å². The van der Waals surface area contributed by atoms with Gasteiger partial charge in [0.2, 0.25) is 0 Å². The maximum absolute atomic E-state index is 5.86. The van der Waals surface area contributed by atoms with Crippen LogP contribution in [0.1, 0.15) is 34.9 Å². The first-order chi connectivity index (χ1) is 13.5. The standard InChI is InChI=1S/C21H31N5OS.HI/c1-15-12-26(13-16(2)27-15)14-19-8-6-5-7-18(19)10-24-21(22-4)25-11-20-23-9-17(3)28-20;/h5-9,15-16H,10-14H2,1-4H3,(H2,22,24,25);1H. The van der Waals surface area contributed by atoms with Gasteiger partial charge in [0.1, 0.15) is 5.01 Å². The van der Waals surface area contributed by atoms with E-state index in [1.807, 2.05) is 6.20 Å². The fraction of sp³-hybridized carbons (Fsp3) is 0.524. The van der Waals surface area contributed by atoms with Crippen molar-refractivity contribution >= 4 is 41.3 Å². The molecular formula is C21H32IN5OS. The van der Waals surface area contributed by atoms with E-state index in [4.69, 9.17) is 4.74 Å². The molecule has 1 aromatic heterocycles. The van der Waals surface area contributed by atoms with Crippen molar-refractivity contribution in [2.45, 2.75) is 52.6 Å². The molecule has 0 radical (unpaired) electrons. The van der Waals surface area contributed by atoms with Crippen molar-refractivity contribution in [3.05, 3.63) is 51.5 Å². The van der Waals surface area contributed by atoms with Gasteiger partial charge in [-0.3, -0.25) is 9.89 Å². The Morgan fingerprint density at radius 3 is 2.45 bits per heavy atom. The van der Waals surface area contributed by atoms with Crippen molar-refractivity contribution in [1.29, 1.82) is 0 Å². The summed E-state index contributed by atoms with van der Waals surface area (Å²) in [7, 11) is 1.80. The van der Waals surface area contributed by atoms with Crippen molar-refractivity contribution < 1.29 is 4.74 Å². The van der Waals surface area contributed by atoms with E-state index in [1.165, 1.54) is 16.0 Å². The Morgan fingerprint density at radius 2 is 1.83 bits per heavy atom. The molecule has 2 atom stereocenters. The van der Waals surface area contributed by atoms with Gasteiger partial charge in [-0.05, 0) is 31.9 Å². The molecule has 0 amide bonds. The van der Waals surface area contributed by atoms with E-state index < -0.39 is 0 Å². The third kappa shape index (κ3) is 7.51. The lowest BCUT2D eigenvalue weighted by molar-refractivity contribution is -0.0705. The van der Waals surface area contributed by atoms with E-state index in [9.17, 15) is 0 Å². The minimum Gasteiger partial charge on any atom is -0.373 e. The molecule has 2 unspecified atom stereocenters. The Hall–Kier alpha value is -1.23. The average Bonchev–Trinajstić information content (AvgIpc) is 3.07. The van der Waals surface area contributed by atoms with Crippen LogP contribution in [0.2, 0.25) is 0 Å². The van der Waals surface area contributed by atoms with Crippen LogP contribution < -0.4 is 10.6 Å². The van der Waals surface area contributed by atoms with Crippen LogP contribution in [0.3, 0.4) is 0 Å². The first kappa shape index (κ1) is 24.0. The fourth-order valence-electron chi connectivity index (χ4n) is 3.58. The van der Waals surface area contributed by atoms with E-state index in [0.717, 1.165) is 37.1 Å². The molecule has 3 rings (SSSR count). The number of ether oxygens (including phenoxy) is 1. The minimum absolute atomic E-state index is 0. The van der Waals surface area contributed by atoms with Crippen LogP contribution >= 0.6 is 35.3 Å². The number of benzene rings is 1. The van der Waals surface area contributed by atoms with Gasteiger partial charge in [0.25, 0.3) is 0 Å². The predicted octanol–water partition coefficient (Wildman–Crippen LogP) is 3.54. The summed E-state index contributed by atoms with van der Waals surface area (Å²) in [5.74, 6) is 0.788. The normalized spacial score (nSPS) is 20.2. The zero-order chi connectivity index (χ0) is 19.9.